The first-order valence-corrected chi connectivity index (χ1v) is 17.8. The number of hydrogen-bond acceptors (Lipinski definition) is 5. The van der Waals surface area contributed by atoms with Gasteiger partial charge < -0.3 is 0 Å². The first kappa shape index (κ1) is 30.7. The average Bonchev–Trinajstić information content (AvgIpc) is 3.05. The Hall–Kier alpha value is -2.93. The van der Waals surface area contributed by atoms with Crippen LogP contribution in [0.15, 0.2) is 174 Å². The van der Waals surface area contributed by atoms with Gasteiger partial charge in [0.25, 0.3) is 0 Å². The van der Waals surface area contributed by atoms with Gasteiger partial charge in [-0.05, 0) is 95.8 Å². The van der Waals surface area contributed by atoms with Crippen LogP contribution in [0.2, 0.25) is 0 Å². The molecular weight excluding hydrogens is 641 g/mol. The fourth-order valence-electron chi connectivity index (χ4n) is 6.67. The largest absolute Gasteiger partial charge is 0.143 e. The van der Waals surface area contributed by atoms with Crippen LogP contribution in [0.3, 0.4) is 0 Å². The molecule has 1 heterocycles. The van der Waals surface area contributed by atoms with Crippen LogP contribution in [-0.4, -0.2) is 0 Å². The standard InChI is InChI=1S/C40H32S5/c1-39(26-10-4-3-5-11-26,31-12-6-8-14-35(31)43)32-13-7-9-15-36(32)44-30-20-16-27(17-21-30)40(2)33-22-18-28(41)24-37(33)45-38-25-29(42)19-23-34(38)40/h3-25,41-43H,1-2H3. The molecule has 0 saturated heterocycles. The maximum atomic E-state index is 4.93. The zero-order chi connectivity index (χ0) is 31.2. The van der Waals surface area contributed by atoms with Crippen molar-refractivity contribution in [3.05, 3.63) is 173 Å². The van der Waals surface area contributed by atoms with E-state index in [1.54, 1.807) is 11.8 Å². The summed E-state index contributed by atoms with van der Waals surface area (Å²) in [6, 6.07) is 50.2. The molecule has 0 radical (unpaired) electrons. The van der Waals surface area contributed by atoms with Gasteiger partial charge in [0, 0.05) is 45.1 Å². The molecule has 0 fully saturated rings. The smallest absolute Gasteiger partial charge is 0.0445 e. The summed E-state index contributed by atoms with van der Waals surface area (Å²) in [7, 11) is 0. The molecule has 0 saturated carbocycles. The van der Waals surface area contributed by atoms with Crippen molar-refractivity contribution in [2.24, 2.45) is 0 Å². The summed E-state index contributed by atoms with van der Waals surface area (Å²) in [6.45, 7) is 4.67. The SMILES string of the molecule is CC(c1ccccc1)(c1ccccc1S)c1ccccc1Sc1ccc(C2(C)c3ccc(S)cc3Sc3cc(S)ccc32)cc1. The minimum Gasteiger partial charge on any atom is -0.143 e. The molecule has 0 amide bonds. The van der Waals surface area contributed by atoms with Gasteiger partial charge in [0.05, 0.1) is 0 Å². The second kappa shape index (κ2) is 12.4. The van der Waals surface area contributed by atoms with Gasteiger partial charge in [0.15, 0.2) is 0 Å². The van der Waals surface area contributed by atoms with Gasteiger partial charge in [-0.3, -0.25) is 0 Å². The van der Waals surface area contributed by atoms with Gasteiger partial charge in [-0.1, -0.05) is 115 Å². The van der Waals surface area contributed by atoms with Crippen LogP contribution in [0.4, 0.5) is 0 Å². The third-order valence-corrected chi connectivity index (χ3v) is 12.3. The zero-order valence-electron chi connectivity index (χ0n) is 24.9. The van der Waals surface area contributed by atoms with Crippen LogP contribution in [0.1, 0.15) is 47.2 Å². The van der Waals surface area contributed by atoms with Crippen LogP contribution in [-0.2, 0) is 10.8 Å². The second-order valence-corrected chi connectivity index (χ2v) is 15.4. The molecule has 0 nitrogen and oxygen atoms in total. The van der Waals surface area contributed by atoms with Crippen molar-refractivity contribution in [3.8, 4) is 0 Å². The van der Waals surface area contributed by atoms with Gasteiger partial charge in [-0.15, -0.1) is 37.9 Å². The molecule has 1 aliphatic heterocycles. The van der Waals surface area contributed by atoms with Gasteiger partial charge in [0.1, 0.15) is 0 Å². The lowest BCUT2D eigenvalue weighted by atomic mass is 9.71. The minimum atomic E-state index is -0.387. The van der Waals surface area contributed by atoms with Crippen molar-refractivity contribution >= 4 is 61.4 Å². The first-order chi connectivity index (χ1) is 21.8. The fraction of sp³-hybridized carbons (Fsp3) is 0.100. The Labute approximate surface area is 291 Å². The molecule has 45 heavy (non-hydrogen) atoms. The number of hydrogen-bond donors (Lipinski definition) is 3. The first-order valence-electron chi connectivity index (χ1n) is 14.9. The van der Waals surface area contributed by atoms with E-state index in [2.05, 4.69) is 179 Å². The van der Waals surface area contributed by atoms with Crippen molar-refractivity contribution in [1.29, 1.82) is 0 Å². The highest BCUT2D eigenvalue weighted by Gasteiger charge is 2.39. The second-order valence-electron chi connectivity index (χ2n) is 11.7. The van der Waals surface area contributed by atoms with E-state index in [1.165, 1.54) is 53.0 Å². The Morgan fingerprint density at radius 3 is 1.78 bits per heavy atom. The monoisotopic (exact) mass is 672 g/mol. The van der Waals surface area contributed by atoms with E-state index in [4.69, 9.17) is 12.6 Å². The minimum absolute atomic E-state index is 0.303. The quantitative estimate of drug-likeness (QED) is 0.119. The van der Waals surface area contributed by atoms with Gasteiger partial charge in [-0.2, -0.15) is 0 Å². The molecule has 0 spiro atoms. The van der Waals surface area contributed by atoms with Gasteiger partial charge in [0.2, 0.25) is 0 Å². The number of benzene rings is 6. The average molecular weight is 673 g/mol. The van der Waals surface area contributed by atoms with E-state index in [0.29, 0.717) is 0 Å². The third kappa shape index (κ3) is 5.47. The van der Waals surface area contributed by atoms with E-state index in [1.807, 2.05) is 11.8 Å². The molecular formula is C40H32S5. The molecule has 5 heteroatoms. The Morgan fingerprint density at radius 1 is 0.600 bits per heavy atom. The molecule has 222 valence electrons. The van der Waals surface area contributed by atoms with E-state index in [0.717, 1.165) is 14.7 Å². The Bertz CT molecular complexity index is 1960. The predicted octanol–water partition coefficient (Wildman–Crippen LogP) is 11.9. The number of thiol groups is 3. The summed E-state index contributed by atoms with van der Waals surface area (Å²) in [4.78, 5) is 7.85. The molecule has 7 rings (SSSR count). The molecule has 0 N–H and O–H groups in total. The lowest BCUT2D eigenvalue weighted by Crippen LogP contribution is -2.29. The molecule has 6 aromatic rings. The van der Waals surface area contributed by atoms with Crippen molar-refractivity contribution in [3.63, 3.8) is 0 Å². The summed E-state index contributed by atoms with van der Waals surface area (Å²) in [6.07, 6.45) is 0. The molecule has 1 aliphatic rings. The van der Waals surface area contributed by atoms with E-state index >= 15 is 0 Å². The summed E-state index contributed by atoms with van der Waals surface area (Å²) in [5.74, 6) is 0. The summed E-state index contributed by atoms with van der Waals surface area (Å²) >= 11 is 17.9. The topological polar surface area (TPSA) is 0 Å². The molecule has 0 aromatic heterocycles. The van der Waals surface area contributed by atoms with Gasteiger partial charge >= 0.3 is 0 Å². The maximum Gasteiger partial charge on any atom is 0.0445 e. The van der Waals surface area contributed by atoms with Crippen LogP contribution in [0.5, 0.6) is 0 Å². The normalized spacial score (nSPS) is 14.7. The lowest BCUT2D eigenvalue weighted by Gasteiger charge is -2.38. The highest BCUT2D eigenvalue weighted by Crippen LogP contribution is 2.53. The van der Waals surface area contributed by atoms with Crippen molar-refractivity contribution in [2.45, 2.75) is 58.9 Å². The molecule has 1 unspecified atom stereocenters. The van der Waals surface area contributed by atoms with Gasteiger partial charge in [-0.25, -0.2) is 0 Å². The van der Waals surface area contributed by atoms with E-state index < -0.39 is 0 Å². The van der Waals surface area contributed by atoms with Crippen LogP contribution < -0.4 is 0 Å². The molecule has 0 bridgehead atoms. The Balaban J connectivity index is 1.30. The van der Waals surface area contributed by atoms with Crippen LogP contribution >= 0.6 is 61.4 Å². The van der Waals surface area contributed by atoms with E-state index in [-0.39, 0.29) is 10.8 Å². The van der Waals surface area contributed by atoms with Crippen molar-refractivity contribution in [2.75, 3.05) is 0 Å². The number of rotatable bonds is 6. The van der Waals surface area contributed by atoms with Crippen LogP contribution in [0.25, 0.3) is 0 Å². The summed E-state index contributed by atoms with van der Waals surface area (Å²) < 4.78 is 0. The third-order valence-electron chi connectivity index (χ3n) is 9.11. The Morgan fingerprint density at radius 2 is 1.16 bits per heavy atom. The van der Waals surface area contributed by atoms with Crippen molar-refractivity contribution < 1.29 is 0 Å². The van der Waals surface area contributed by atoms with Crippen molar-refractivity contribution in [1.82, 2.24) is 0 Å². The zero-order valence-corrected chi connectivity index (χ0v) is 29.3. The highest BCUT2D eigenvalue weighted by molar-refractivity contribution is 7.99. The lowest BCUT2D eigenvalue weighted by molar-refractivity contribution is 0.651. The molecule has 1 atom stereocenters. The van der Waals surface area contributed by atoms with Crippen LogP contribution in [0, 0.1) is 0 Å². The highest BCUT2D eigenvalue weighted by atomic mass is 32.2. The maximum absolute atomic E-state index is 4.93. The summed E-state index contributed by atoms with van der Waals surface area (Å²) in [5, 5.41) is 0. The fourth-order valence-corrected chi connectivity index (χ4v) is 10.1. The van der Waals surface area contributed by atoms with E-state index in [9.17, 15) is 0 Å². The molecule has 0 aliphatic carbocycles. The summed E-state index contributed by atoms with van der Waals surface area (Å²) in [5.41, 5.74) is 6.87. The Kier molecular flexibility index (Phi) is 8.43. The molecule has 6 aromatic carbocycles. The number of fused-ring (bicyclic) bond motifs is 2. The predicted molar refractivity (Wildman–Crippen MR) is 200 cm³/mol.